The fraction of sp³-hybridized carbons (Fsp3) is 0.737. The van der Waals surface area contributed by atoms with Crippen LogP contribution in [0.4, 0.5) is 0 Å². The summed E-state index contributed by atoms with van der Waals surface area (Å²) in [5.74, 6) is 0.670. The molecular weight excluding hydrogens is 322 g/mol. The van der Waals surface area contributed by atoms with Gasteiger partial charge in [-0.1, -0.05) is 26.2 Å². The van der Waals surface area contributed by atoms with Crippen LogP contribution >= 0.6 is 0 Å². The molecule has 0 aromatic carbocycles. The van der Waals surface area contributed by atoms with Crippen LogP contribution in [-0.4, -0.2) is 35.6 Å². The van der Waals surface area contributed by atoms with Gasteiger partial charge in [-0.25, -0.2) is 4.79 Å². The number of rotatable bonds is 7. The first kappa shape index (κ1) is 18.1. The third-order valence-corrected chi connectivity index (χ3v) is 5.65. The highest BCUT2D eigenvalue weighted by Gasteiger charge is 2.33. The second-order valence-corrected chi connectivity index (χ2v) is 7.57. The molecule has 0 spiro atoms. The summed E-state index contributed by atoms with van der Waals surface area (Å²) in [5.41, 5.74) is 0. The molecule has 0 N–H and O–H groups in total. The van der Waals surface area contributed by atoms with Gasteiger partial charge in [0.15, 0.2) is 6.61 Å². The van der Waals surface area contributed by atoms with Gasteiger partial charge in [0.05, 0.1) is 0 Å². The number of hydrogen-bond donors (Lipinski definition) is 0. The topological polar surface area (TPSA) is 72.9 Å². The number of amides is 2. The third kappa shape index (κ3) is 4.69. The van der Waals surface area contributed by atoms with Crippen molar-refractivity contribution >= 4 is 17.8 Å². The maximum atomic E-state index is 12.0. The lowest BCUT2D eigenvalue weighted by atomic mass is 9.67. The van der Waals surface area contributed by atoms with Crippen molar-refractivity contribution in [1.29, 1.82) is 0 Å². The van der Waals surface area contributed by atoms with Gasteiger partial charge >= 0.3 is 5.97 Å². The molecule has 1 aliphatic heterocycles. The van der Waals surface area contributed by atoms with Gasteiger partial charge in [-0.15, -0.1) is 5.06 Å². The van der Waals surface area contributed by atoms with Crippen molar-refractivity contribution in [3.63, 3.8) is 0 Å². The lowest BCUT2D eigenvalue weighted by molar-refractivity contribution is -0.194. The lowest BCUT2D eigenvalue weighted by Gasteiger charge is -2.40. The van der Waals surface area contributed by atoms with Crippen molar-refractivity contribution < 1.29 is 24.0 Å². The van der Waals surface area contributed by atoms with Crippen molar-refractivity contribution in [2.24, 2.45) is 17.8 Å². The second-order valence-electron chi connectivity index (χ2n) is 7.57. The Morgan fingerprint density at radius 3 is 2.40 bits per heavy atom. The molecule has 25 heavy (non-hydrogen) atoms. The normalized spacial score (nSPS) is 29.8. The van der Waals surface area contributed by atoms with Gasteiger partial charge in [0.25, 0.3) is 11.8 Å². The minimum atomic E-state index is -0.571. The molecule has 0 aromatic rings. The van der Waals surface area contributed by atoms with Crippen molar-refractivity contribution in [3.05, 3.63) is 12.2 Å². The first-order chi connectivity index (χ1) is 12.0. The predicted molar refractivity (Wildman–Crippen MR) is 89.9 cm³/mol. The zero-order valence-electron chi connectivity index (χ0n) is 14.8. The van der Waals surface area contributed by atoms with Crippen molar-refractivity contribution in [3.8, 4) is 0 Å². The molecule has 0 radical (unpaired) electrons. The molecule has 2 fully saturated rings. The smallest absolute Gasteiger partial charge is 0.335 e. The number of esters is 1. The summed E-state index contributed by atoms with van der Waals surface area (Å²) in [7, 11) is 0. The average molecular weight is 349 g/mol. The van der Waals surface area contributed by atoms with E-state index in [1.165, 1.54) is 38.5 Å². The molecule has 1 heterocycles. The SMILES string of the molecule is CCC(CC1CC2CCCC(C2)C1)OC(=O)CON1C(=O)C=CC1=O. The van der Waals surface area contributed by atoms with Gasteiger partial charge < -0.3 is 4.74 Å². The van der Waals surface area contributed by atoms with Gasteiger partial charge in [0.2, 0.25) is 0 Å². The van der Waals surface area contributed by atoms with E-state index in [9.17, 15) is 14.4 Å². The summed E-state index contributed by atoms with van der Waals surface area (Å²) in [5, 5.41) is 0.588. The monoisotopic (exact) mass is 349 g/mol. The summed E-state index contributed by atoms with van der Waals surface area (Å²) in [6.45, 7) is 1.59. The first-order valence-corrected chi connectivity index (χ1v) is 9.43. The number of imide groups is 1. The van der Waals surface area contributed by atoms with Crippen LogP contribution in [0.3, 0.4) is 0 Å². The van der Waals surface area contributed by atoms with E-state index in [0.717, 1.165) is 36.8 Å². The highest BCUT2D eigenvalue weighted by molar-refractivity contribution is 6.11. The van der Waals surface area contributed by atoms with Crippen LogP contribution in [0.25, 0.3) is 0 Å². The quantitative estimate of drug-likeness (QED) is 0.522. The van der Waals surface area contributed by atoms with E-state index in [0.29, 0.717) is 11.0 Å². The van der Waals surface area contributed by atoms with Crippen molar-refractivity contribution in [1.82, 2.24) is 5.06 Å². The number of carbonyl (C=O) groups is 3. The second kappa shape index (κ2) is 8.13. The predicted octanol–water partition coefficient (Wildman–Crippen LogP) is 2.77. The van der Waals surface area contributed by atoms with Crippen LogP contribution < -0.4 is 0 Å². The van der Waals surface area contributed by atoms with E-state index in [4.69, 9.17) is 9.57 Å². The molecule has 3 atom stereocenters. The molecule has 6 heteroatoms. The molecule has 2 bridgehead atoms. The molecule has 6 nitrogen and oxygen atoms in total. The molecule has 2 saturated carbocycles. The van der Waals surface area contributed by atoms with Gasteiger partial charge in [0.1, 0.15) is 6.10 Å². The molecule has 0 aromatic heterocycles. The summed E-state index contributed by atoms with van der Waals surface area (Å²) < 4.78 is 5.52. The first-order valence-electron chi connectivity index (χ1n) is 9.43. The summed E-state index contributed by atoms with van der Waals surface area (Å²) in [4.78, 5) is 39.7. The number of carbonyl (C=O) groups excluding carboxylic acids is 3. The highest BCUT2D eigenvalue weighted by atomic mass is 16.7. The standard InChI is InChI=1S/C19H27NO5/c1-2-16(11-15-9-13-4-3-5-14(8-13)10-15)25-19(23)12-24-20-17(21)6-7-18(20)22/h6-7,13-16H,2-5,8-12H2,1H3. The van der Waals surface area contributed by atoms with Gasteiger partial charge in [0, 0.05) is 12.2 Å². The Morgan fingerprint density at radius 1 is 1.16 bits per heavy atom. The summed E-state index contributed by atoms with van der Waals surface area (Å²) in [6.07, 6.45) is 11.7. The van der Waals surface area contributed by atoms with E-state index in [1.54, 1.807) is 0 Å². The molecule has 0 saturated heterocycles. The van der Waals surface area contributed by atoms with E-state index < -0.39 is 24.4 Å². The maximum Gasteiger partial charge on any atom is 0.335 e. The molecular formula is C19H27NO5. The Kier molecular flexibility index (Phi) is 5.89. The minimum Gasteiger partial charge on any atom is -0.461 e. The van der Waals surface area contributed by atoms with Crippen molar-refractivity contribution in [2.45, 2.75) is 64.4 Å². The number of hydroxylamine groups is 2. The fourth-order valence-electron chi connectivity index (χ4n) is 4.58. The number of hydrogen-bond acceptors (Lipinski definition) is 5. The minimum absolute atomic E-state index is 0.122. The molecule has 3 unspecified atom stereocenters. The molecule has 2 aliphatic carbocycles. The van der Waals surface area contributed by atoms with Gasteiger partial charge in [-0.05, 0) is 49.9 Å². The van der Waals surface area contributed by atoms with Crippen LogP contribution in [0.5, 0.6) is 0 Å². The van der Waals surface area contributed by atoms with Gasteiger partial charge in [-0.3, -0.25) is 14.4 Å². The average Bonchev–Trinajstić information content (AvgIpc) is 2.90. The lowest BCUT2D eigenvalue weighted by Crippen LogP contribution is -2.34. The van der Waals surface area contributed by atoms with Crippen LogP contribution in [0.1, 0.15) is 58.3 Å². The Balaban J connectivity index is 1.43. The van der Waals surface area contributed by atoms with Crippen LogP contribution in [0, 0.1) is 17.8 Å². The summed E-state index contributed by atoms with van der Waals surface area (Å²) in [6, 6.07) is 0. The van der Waals surface area contributed by atoms with E-state index in [2.05, 4.69) is 0 Å². The zero-order chi connectivity index (χ0) is 17.8. The Labute approximate surface area is 148 Å². The van der Waals surface area contributed by atoms with Gasteiger partial charge in [-0.2, -0.15) is 0 Å². The molecule has 138 valence electrons. The van der Waals surface area contributed by atoms with Crippen molar-refractivity contribution in [2.75, 3.05) is 6.61 Å². The zero-order valence-corrected chi connectivity index (χ0v) is 14.8. The largest absolute Gasteiger partial charge is 0.461 e. The molecule has 3 rings (SSSR count). The number of ether oxygens (including phenoxy) is 1. The Hall–Kier alpha value is -1.69. The molecule has 2 amide bonds. The number of fused-ring (bicyclic) bond motifs is 2. The molecule has 3 aliphatic rings. The van der Waals surface area contributed by atoms with Crippen LogP contribution in [0.2, 0.25) is 0 Å². The van der Waals surface area contributed by atoms with E-state index in [1.807, 2.05) is 6.92 Å². The Bertz CT molecular complexity index is 528. The fourth-order valence-corrected chi connectivity index (χ4v) is 4.58. The maximum absolute atomic E-state index is 12.0. The van der Waals surface area contributed by atoms with E-state index in [-0.39, 0.29) is 6.10 Å². The van der Waals surface area contributed by atoms with E-state index >= 15 is 0 Å². The highest BCUT2D eigenvalue weighted by Crippen LogP contribution is 2.44. The van der Waals surface area contributed by atoms with Crippen LogP contribution in [-0.2, 0) is 24.0 Å². The van der Waals surface area contributed by atoms with Crippen LogP contribution in [0.15, 0.2) is 12.2 Å². The Morgan fingerprint density at radius 2 is 1.80 bits per heavy atom. The third-order valence-electron chi connectivity index (χ3n) is 5.65. The number of nitrogens with zero attached hydrogens (tertiary/aromatic N) is 1. The summed E-state index contributed by atoms with van der Waals surface area (Å²) >= 11 is 0.